The van der Waals surface area contributed by atoms with E-state index in [2.05, 4.69) is 15.4 Å². The van der Waals surface area contributed by atoms with Gasteiger partial charge in [-0.05, 0) is 42.8 Å². The lowest BCUT2D eigenvalue weighted by Crippen LogP contribution is -2.26. The Labute approximate surface area is 138 Å². The molecule has 5 nitrogen and oxygen atoms in total. The number of aromatic nitrogens is 3. The van der Waals surface area contributed by atoms with E-state index in [1.165, 1.54) is 0 Å². The average molecular weight is 327 g/mol. The average Bonchev–Trinajstić information content (AvgIpc) is 3.10. The first-order chi connectivity index (χ1) is 11.1. The number of benzene rings is 1. The lowest BCUT2D eigenvalue weighted by molar-refractivity contribution is 0.0939. The van der Waals surface area contributed by atoms with Crippen molar-refractivity contribution in [3.63, 3.8) is 0 Å². The van der Waals surface area contributed by atoms with Crippen molar-refractivity contribution in [3.8, 4) is 5.82 Å². The minimum atomic E-state index is -0.174. The Morgan fingerprint density at radius 3 is 2.61 bits per heavy atom. The van der Waals surface area contributed by atoms with Crippen molar-refractivity contribution in [3.05, 3.63) is 77.2 Å². The molecule has 116 valence electrons. The van der Waals surface area contributed by atoms with Gasteiger partial charge >= 0.3 is 0 Å². The van der Waals surface area contributed by atoms with Gasteiger partial charge in [0.25, 0.3) is 5.91 Å². The highest BCUT2D eigenvalue weighted by Crippen LogP contribution is 2.16. The van der Waals surface area contributed by atoms with Gasteiger partial charge < -0.3 is 5.32 Å². The molecule has 0 bridgehead atoms. The topological polar surface area (TPSA) is 59.8 Å². The molecule has 0 fully saturated rings. The van der Waals surface area contributed by atoms with E-state index in [9.17, 15) is 4.79 Å². The minimum absolute atomic E-state index is 0.120. The summed E-state index contributed by atoms with van der Waals surface area (Å²) in [5.41, 5.74) is 1.49. The van der Waals surface area contributed by atoms with Gasteiger partial charge in [0.1, 0.15) is 0 Å². The zero-order valence-corrected chi connectivity index (χ0v) is 13.2. The standard InChI is InChI=1S/C17H15ClN4O/c1-12(13-3-6-15(18)7-4-13)21-17(23)14-5-8-16(19-11-14)22-10-2-9-20-22/h2-12H,1H3,(H,21,23)/t12-/m1/s1. The van der Waals surface area contributed by atoms with Gasteiger partial charge in [-0.3, -0.25) is 4.79 Å². The van der Waals surface area contributed by atoms with Gasteiger partial charge in [0, 0.05) is 23.6 Å². The molecule has 0 aliphatic rings. The monoisotopic (exact) mass is 326 g/mol. The van der Waals surface area contributed by atoms with Crippen LogP contribution in [0.4, 0.5) is 0 Å². The van der Waals surface area contributed by atoms with Crippen LogP contribution < -0.4 is 5.32 Å². The fourth-order valence-electron chi connectivity index (χ4n) is 2.17. The number of pyridine rings is 1. The summed E-state index contributed by atoms with van der Waals surface area (Å²) >= 11 is 5.87. The van der Waals surface area contributed by atoms with Gasteiger partial charge in [-0.1, -0.05) is 23.7 Å². The van der Waals surface area contributed by atoms with Gasteiger partial charge in [0.05, 0.1) is 11.6 Å². The first kappa shape index (κ1) is 15.2. The molecule has 6 heteroatoms. The molecule has 3 rings (SSSR count). The zero-order chi connectivity index (χ0) is 16.2. The predicted octanol–water partition coefficient (Wildman–Crippen LogP) is 3.41. The van der Waals surface area contributed by atoms with Crippen LogP contribution in [-0.4, -0.2) is 20.7 Å². The van der Waals surface area contributed by atoms with Gasteiger partial charge in [-0.2, -0.15) is 5.10 Å². The van der Waals surface area contributed by atoms with Crippen LogP contribution in [0.3, 0.4) is 0 Å². The van der Waals surface area contributed by atoms with Crippen molar-refractivity contribution in [1.29, 1.82) is 0 Å². The molecule has 1 aromatic carbocycles. The highest BCUT2D eigenvalue weighted by atomic mass is 35.5. The summed E-state index contributed by atoms with van der Waals surface area (Å²) in [7, 11) is 0. The van der Waals surface area contributed by atoms with E-state index in [4.69, 9.17) is 11.6 Å². The highest BCUT2D eigenvalue weighted by Gasteiger charge is 2.12. The number of carbonyl (C=O) groups is 1. The van der Waals surface area contributed by atoms with Gasteiger partial charge in [-0.15, -0.1) is 0 Å². The van der Waals surface area contributed by atoms with Crippen molar-refractivity contribution in [1.82, 2.24) is 20.1 Å². The molecule has 2 aromatic heterocycles. The molecule has 1 N–H and O–H groups in total. The van der Waals surface area contributed by atoms with Crippen LogP contribution in [-0.2, 0) is 0 Å². The van der Waals surface area contributed by atoms with E-state index in [1.54, 1.807) is 47.5 Å². The van der Waals surface area contributed by atoms with Crippen molar-refractivity contribution >= 4 is 17.5 Å². The molecule has 3 aromatic rings. The molecule has 0 spiro atoms. The minimum Gasteiger partial charge on any atom is -0.345 e. The van der Waals surface area contributed by atoms with Crippen LogP contribution >= 0.6 is 11.6 Å². The Hall–Kier alpha value is -2.66. The van der Waals surface area contributed by atoms with Crippen LogP contribution in [0, 0.1) is 0 Å². The summed E-state index contributed by atoms with van der Waals surface area (Å²) in [6.45, 7) is 1.92. The number of rotatable bonds is 4. The lowest BCUT2D eigenvalue weighted by atomic mass is 10.1. The van der Waals surface area contributed by atoms with Crippen LogP contribution in [0.1, 0.15) is 28.9 Å². The van der Waals surface area contributed by atoms with Gasteiger partial charge in [0.15, 0.2) is 5.82 Å². The number of nitrogens with zero attached hydrogens (tertiary/aromatic N) is 3. The Kier molecular flexibility index (Phi) is 4.39. The van der Waals surface area contributed by atoms with E-state index < -0.39 is 0 Å². The zero-order valence-electron chi connectivity index (χ0n) is 12.5. The van der Waals surface area contributed by atoms with Crippen LogP contribution in [0.15, 0.2) is 61.1 Å². The number of amides is 1. The highest BCUT2D eigenvalue weighted by molar-refractivity contribution is 6.30. The smallest absolute Gasteiger partial charge is 0.253 e. The maximum Gasteiger partial charge on any atom is 0.253 e. The van der Waals surface area contributed by atoms with E-state index >= 15 is 0 Å². The van der Waals surface area contributed by atoms with E-state index in [-0.39, 0.29) is 11.9 Å². The number of carbonyl (C=O) groups excluding carboxylic acids is 1. The summed E-state index contributed by atoms with van der Waals surface area (Å²) in [5, 5.41) is 7.71. The second-order valence-electron chi connectivity index (χ2n) is 5.10. The second-order valence-corrected chi connectivity index (χ2v) is 5.54. The molecule has 0 radical (unpaired) electrons. The maximum absolute atomic E-state index is 12.3. The molecular formula is C17H15ClN4O. The van der Waals surface area contributed by atoms with E-state index in [0.29, 0.717) is 16.4 Å². The third-order valence-corrected chi connectivity index (χ3v) is 3.72. The summed E-state index contributed by atoms with van der Waals surface area (Å²) < 4.78 is 1.64. The van der Waals surface area contributed by atoms with Crippen molar-refractivity contribution < 1.29 is 4.79 Å². The lowest BCUT2D eigenvalue weighted by Gasteiger charge is -2.14. The van der Waals surface area contributed by atoms with E-state index in [0.717, 1.165) is 5.56 Å². The summed E-state index contributed by atoms with van der Waals surface area (Å²) in [6.07, 6.45) is 5.02. The molecule has 0 saturated carbocycles. The Morgan fingerprint density at radius 2 is 2.00 bits per heavy atom. The largest absolute Gasteiger partial charge is 0.345 e. The van der Waals surface area contributed by atoms with Crippen LogP contribution in [0.2, 0.25) is 5.02 Å². The van der Waals surface area contributed by atoms with E-state index in [1.807, 2.05) is 25.1 Å². The fraction of sp³-hybridized carbons (Fsp3) is 0.118. The normalized spacial score (nSPS) is 11.9. The predicted molar refractivity (Wildman–Crippen MR) is 88.7 cm³/mol. The summed E-state index contributed by atoms with van der Waals surface area (Å²) in [4.78, 5) is 16.5. The molecular weight excluding hydrogens is 312 g/mol. The first-order valence-electron chi connectivity index (χ1n) is 7.16. The Balaban J connectivity index is 1.69. The first-order valence-corrected chi connectivity index (χ1v) is 7.53. The SMILES string of the molecule is C[C@@H](NC(=O)c1ccc(-n2cccn2)nc1)c1ccc(Cl)cc1. The Bertz CT molecular complexity index is 782. The maximum atomic E-state index is 12.3. The second kappa shape index (κ2) is 6.62. The molecule has 0 aliphatic heterocycles. The molecule has 1 atom stereocenters. The summed E-state index contributed by atoms with van der Waals surface area (Å²) in [5.74, 6) is 0.490. The van der Waals surface area contributed by atoms with Crippen molar-refractivity contribution in [2.24, 2.45) is 0 Å². The van der Waals surface area contributed by atoms with Crippen LogP contribution in [0.5, 0.6) is 0 Å². The number of nitrogens with one attached hydrogen (secondary N) is 1. The van der Waals surface area contributed by atoms with Gasteiger partial charge in [0.2, 0.25) is 0 Å². The van der Waals surface area contributed by atoms with Gasteiger partial charge in [-0.25, -0.2) is 9.67 Å². The number of halogens is 1. The van der Waals surface area contributed by atoms with Crippen LogP contribution in [0.25, 0.3) is 5.82 Å². The molecule has 0 unspecified atom stereocenters. The molecule has 2 heterocycles. The Morgan fingerprint density at radius 1 is 1.22 bits per heavy atom. The molecule has 0 saturated heterocycles. The molecule has 1 amide bonds. The molecule has 23 heavy (non-hydrogen) atoms. The number of hydrogen-bond acceptors (Lipinski definition) is 3. The van der Waals surface area contributed by atoms with Crippen molar-refractivity contribution in [2.45, 2.75) is 13.0 Å². The summed E-state index contributed by atoms with van der Waals surface area (Å²) in [6, 6.07) is 12.6. The number of hydrogen-bond donors (Lipinski definition) is 1. The van der Waals surface area contributed by atoms with Crippen molar-refractivity contribution in [2.75, 3.05) is 0 Å². The molecule has 0 aliphatic carbocycles. The quantitative estimate of drug-likeness (QED) is 0.799. The fourth-order valence-corrected chi connectivity index (χ4v) is 2.30. The third-order valence-electron chi connectivity index (χ3n) is 3.47. The third kappa shape index (κ3) is 3.57.